The molecule has 0 spiro atoms. The third kappa shape index (κ3) is 7.10. The Morgan fingerprint density at radius 3 is 2.31 bits per heavy atom. The van der Waals surface area contributed by atoms with Crippen molar-refractivity contribution in [1.29, 1.82) is 0 Å². The fourth-order valence-electron chi connectivity index (χ4n) is 6.05. The topological polar surface area (TPSA) is 44.8 Å². The maximum absolute atomic E-state index is 14.1. The summed E-state index contributed by atoms with van der Waals surface area (Å²) in [4.78, 5) is 14.1. The summed E-state index contributed by atoms with van der Waals surface area (Å²) in [6.45, 7) is 21.9. The molecule has 212 valence electrons. The van der Waals surface area contributed by atoms with Crippen molar-refractivity contribution in [3.63, 3.8) is 0 Å². The molecule has 0 aromatic heterocycles. The molecule has 0 radical (unpaired) electrons. The molecule has 0 amide bonds. The van der Waals surface area contributed by atoms with Crippen molar-refractivity contribution >= 4 is 11.4 Å². The van der Waals surface area contributed by atoms with E-state index >= 15 is 0 Å². The van der Waals surface area contributed by atoms with Crippen LogP contribution in [0.3, 0.4) is 0 Å². The predicted molar refractivity (Wildman–Crippen MR) is 161 cm³/mol. The minimum Gasteiger partial charge on any atom is -0.493 e. The van der Waals surface area contributed by atoms with Crippen LogP contribution in [0.1, 0.15) is 94.6 Å². The van der Waals surface area contributed by atoms with Crippen LogP contribution in [0.5, 0.6) is 5.75 Å². The first-order valence-electron chi connectivity index (χ1n) is 14.3. The first-order chi connectivity index (χ1) is 18.5. The van der Waals surface area contributed by atoms with Gasteiger partial charge in [-0.2, -0.15) is 0 Å². The molecular formula is C35H48O4. The van der Waals surface area contributed by atoms with Crippen LogP contribution in [0.4, 0.5) is 0 Å². The Morgan fingerprint density at radius 1 is 1.08 bits per heavy atom. The van der Waals surface area contributed by atoms with Crippen LogP contribution in [0.25, 0.3) is 5.57 Å². The van der Waals surface area contributed by atoms with Crippen LogP contribution in [0.15, 0.2) is 61.2 Å². The number of hydrogen-bond acceptors (Lipinski definition) is 4. The quantitative estimate of drug-likeness (QED) is 0.215. The van der Waals surface area contributed by atoms with Crippen molar-refractivity contribution in [2.24, 2.45) is 11.3 Å². The molecule has 0 bridgehead atoms. The van der Waals surface area contributed by atoms with Gasteiger partial charge >= 0.3 is 0 Å². The summed E-state index contributed by atoms with van der Waals surface area (Å²) in [5, 5.41) is 0. The van der Waals surface area contributed by atoms with Gasteiger partial charge < -0.3 is 14.2 Å². The molecule has 0 heterocycles. The molecule has 1 unspecified atom stereocenters. The van der Waals surface area contributed by atoms with Gasteiger partial charge in [0, 0.05) is 37.0 Å². The normalized spacial score (nSPS) is 20.9. The van der Waals surface area contributed by atoms with Crippen molar-refractivity contribution in [1.82, 2.24) is 0 Å². The fourth-order valence-corrected chi connectivity index (χ4v) is 6.05. The Kier molecular flexibility index (Phi) is 10.7. The molecule has 2 aromatic rings. The molecule has 4 heteroatoms. The van der Waals surface area contributed by atoms with E-state index < -0.39 is 0 Å². The van der Waals surface area contributed by atoms with E-state index in [2.05, 4.69) is 65.1 Å². The van der Waals surface area contributed by atoms with Crippen LogP contribution < -0.4 is 4.74 Å². The van der Waals surface area contributed by atoms with E-state index in [9.17, 15) is 4.79 Å². The first-order valence-corrected chi connectivity index (χ1v) is 14.3. The largest absolute Gasteiger partial charge is 0.493 e. The molecule has 0 N–H and O–H groups in total. The number of benzene rings is 2. The zero-order valence-corrected chi connectivity index (χ0v) is 25.1. The van der Waals surface area contributed by atoms with Gasteiger partial charge in [-0.25, -0.2) is 0 Å². The molecule has 1 saturated carbocycles. The van der Waals surface area contributed by atoms with Crippen molar-refractivity contribution < 1.29 is 19.0 Å². The van der Waals surface area contributed by atoms with Gasteiger partial charge in [0.25, 0.3) is 0 Å². The van der Waals surface area contributed by atoms with E-state index in [1.807, 2.05) is 32.0 Å². The van der Waals surface area contributed by atoms with Crippen LogP contribution in [-0.2, 0) is 14.3 Å². The van der Waals surface area contributed by atoms with Gasteiger partial charge in [0.05, 0.1) is 18.8 Å². The molecular weight excluding hydrogens is 484 g/mol. The monoisotopic (exact) mass is 532 g/mol. The highest BCUT2D eigenvalue weighted by Crippen LogP contribution is 2.51. The predicted octanol–water partition coefficient (Wildman–Crippen LogP) is 8.64. The molecule has 0 aliphatic heterocycles. The van der Waals surface area contributed by atoms with Crippen molar-refractivity contribution in [2.75, 3.05) is 20.3 Å². The van der Waals surface area contributed by atoms with Crippen molar-refractivity contribution in [2.45, 2.75) is 85.4 Å². The van der Waals surface area contributed by atoms with Crippen LogP contribution in [0, 0.1) is 18.3 Å². The summed E-state index contributed by atoms with van der Waals surface area (Å²) >= 11 is 0. The Balaban J connectivity index is 1.88. The maximum Gasteiger partial charge on any atom is 0.137 e. The van der Waals surface area contributed by atoms with Gasteiger partial charge in [-0.1, -0.05) is 68.1 Å². The maximum atomic E-state index is 14.1. The van der Waals surface area contributed by atoms with E-state index in [0.717, 1.165) is 52.0 Å². The SMILES string of the molecule is C=C(C)c1ccc([C@@H](C)C(CCO[C@H](C)c2ccccc2)C(=O)CC2(C(=C)C)CC(OC)C2)c(C)c1OCC. The highest BCUT2D eigenvalue weighted by atomic mass is 16.5. The Bertz CT molecular complexity index is 1140. The second-order valence-corrected chi connectivity index (χ2v) is 11.4. The molecule has 4 nitrogen and oxygen atoms in total. The average Bonchev–Trinajstić information content (AvgIpc) is 2.89. The lowest BCUT2D eigenvalue weighted by atomic mass is 9.59. The van der Waals surface area contributed by atoms with Crippen molar-refractivity contribution in [3.8, 4) is 5.75 Å². The van der Waals surface area contributed by atoms with Gasteiger partial charge in [0.1, 0.15) is 11.5 Å². The molecule has 1 aliphatic rings. The minimum absolute atomic E-state index is 0.00646. The van der Waals surface area contributed by atoms with Crippen LogP contribution >= 0.6 is 0 Å². The van der Waals surface area contributed by atoms with Crippen molar-refractivity contribution in [3.05, 3.63) is 83.4 Å². The van der Waals surface area contributed by atoms with Crippen LogP contribution in [-0.4, -0.2) is 32.2 Å². The molecule has 0 saturated heterocycles. The summed E-state index contributed by atoms with van der Waals surface area (Å²) in [5.74, 6) is 0.966. The Labute approximate surface area is 236 Å². The smallest absolute Gasteiger partial charge is 0.137 e. The van der Waals surface area contributed by atoms with E-state index in [1.54, 1.807) is 7.11 Å². The lowest BCUT2D eigenvalue weighted by Crippen LogP contribution is -2.45. The lowest BCUT2D eigenvalue weighted by Gasteiger charge is -2.48. The molecule has 39 heavy (non-hydrogen) atoms. The van der Waals surface area contributed by atoms with Crippen LogP contribution in [0.2, 0.25) is 0 Å². The second kappa shape index (κ2) is 13.6. The highest BCUT2D eigenvalue weighted by Gasteiger charge is 2.47. The molecule has 3 atom stereocenters. The highest BCUT2D eigenvalue weighted by molar-refractivity contribution is 5.83. The number of methoxy groups -OCH3 is 1. The Morgan fingerprint density at radius 2 is 1.74 bits per heavy atom. The average molecular weight is 533 g/mol. The standard InChI is InChI=1S/C35H48O4/c1-10-38-34-26(7)31(17-16-30(34)23(2)3)25(6)32(18-19-39-27(8)28-14-12-11-13-15-28)33(36)22-35(24(4)5)20-29(21-35)37-9/h11-17,25,27,29,32H,2,4,10,18-22H2,1,3,5-9H3/t25-,27-,29?,32?,35?/m1/s1. The number of ketones is 1. The molecule has 1 aliphatic carbocycles. The number of ether oxygens (including phenoxy) is 3. The molecule has 2 aromatic carbocycles. The summed E-state index contributed by atoms with van der Waals surface area (Å²) in [6, 6.07) is 14.5. The number of Topliss-reactive ketones (excluding diaryl/α,β-unsaturated/α-hetero) is 1. The fraction of sp³-hybridized carbons (Fsp3) is 0.514. The summed E-state index contributed by atoms with van der Waals surface area (Å²) in [6.07, 6.45) is 3.03. The second-order valence-electron chi connectivity index (χ2n) is 11.4. The van der Waals surface area contributed by atoms with Gasteiger partial charge in [0.2, 0.25) is 0 Å². The zero-order chi connectivity index (χ0) is 28.7. The molecule has 3 rings (SSSR count). The van der Waals surface area contributed by atoms with E-state index in [-0.39, 0.29) is 35.2 Å². The number of carbonyl (C=O) groups excluding carboxylic acids is 1. The van der Waals surface area contributed by atoms with Gasteiger partial charge in [-0.15, -0.1) is 0 Å². The van der Waals surface area contributed by atoms with E-state index in [4.69, 9.17) is 14.2 Å². The summed E-state index contributed by atoms with van der Waals surface area (Å²) in [7, 11) is 1.75. The summed E-state index contributed by atoms with van der Waals surface area (Å²) in [5.41, 5.74) is 6.26. The number of hydrogen-bond donors (Lipinski definition) is 0. The van der Waals surface area contributed by atoms with Gasteiger partial charge in [0.15, 0.2) is 0 Å². The number of allylic oxidation sites excluding steroid dienone is 2. The molecule has 1 fully saturated rings. The number of rotatable bonds is 15. The lowest BCUT2D eigenvalue weighted by molar-refractivity contribution is -0.130. The number of carbonyl (C=O) groups is 1. The van der Waals surface area contributed by atoms with Gasteiger partial charge in [-0.05, 0) is 82.1 Å². The zero-order valence-electron chi connectivity index (χ0n) is 25.1. The first kappa shape index (κ1) is 30.8. The van der Waals surface area contributed by atoms with E-state index in [0.29, 0.717) is 26.1 Å². The van der Waals surface area contributed by atoms with E-state index in [1.165, 1.54) is 0 Å². The van der Waals surface area contributed by atoms with Gasteiger partial charge in [-0.3, -0.25) is 4.79 Å². The summed E-state index contributed by atoms with van der Waals surface area (Å²) < 4.78 is 17.9. The third-order valence-corrected chi connectivity index (χ3v) is 8.76. The third-order valence-electron chi connectivity index (χ3n) is 8.76. The minimum atomic E-state index is -0.186. The Hall–Kier alpha value is -2.69.